The maximum absolute atomic E-state index is 12.9. The lowest BCUT2D eigenvalue weighted by Crippen LogP contribution is -2.33. The lowest BCUT2D eigenvalue weighted by atomic mass is 10.0. The summed E-state index contributed by atoms with van der Waals surface area (Å²) in [5, 5.41) is 19.0. The number of halogens is 1. The summed E-state index contributed by atoms with van der Waals surface area (Å²) in [4.78, 5) is 23.6. The Kier molecular flexibility index (Phi) is 3.41. The van der Waals surface area contributed by atoms with Crippen LogP contribution in [0.25, 0.3) is 0 Å². The first-order chi connectivity index (χ1) is 10.8. The molecular formula is C15H15FN4O3. The van der Waals surface area contributed by atoms with Crippen LogP contribution >= 0.6 is 0 Å². The summed E-state index contributed by atoms with van der Waals surface area (Å²) in [6, 6.07) is 5.06. The molecule has 0 radical (unpaired) electrons. The molecule has 8 heteroatoms. The third kappa shape index (κ3) is 2.57. The van der Waals surface area contributed by atoms with Gasteiger partial charge in [0.15, 0.2) is 5.82 Å². The van der Waals surface area contributed by atoms with E-state index >= 15 is 0 Å². The molecule has 0 aliphatic carbocycles. The Morgan fingerprint density at radius 3 is 2.61 bits per heavy atom. The molecule has 0 bridgehead atoms. The van der Waals surface area contributed by atoms with Crippen molar-refractivity contribution in [3.63, 3.8) is 0 Å². The van der Waals surface area contributed by atoms with Gasteiger partial charge in [0.2, 0.25) is 0 Å². The highest BCUT2D eigenvalue weighted by Gasteiger charge is 2.38. The average molecular weight is 318 g/mol. The van der Waals surface area contributed by atoms with Gasteiger partial charge < -0.3 is 15.7 Å². The number of carbonyl (C=O) groups is 2. The van der Waals surface area contributed by atoms with Crippen LogP contribution in [0.4, 0.5) is 15.0 Å². The van der Waals surface area contributed by atoms with E-state index in [-0.39, 0.29) is 11.4 Å². The molecular weight excluding hydrogens is 303 g/mol. The fourth-order valence-corrected chi connectivity index (χ4v) is 2.67. The van der Waals surface area contributed by atoms with E-state index in [1.54, 1.807) is 0 Å². The predicted octanol–water partition coefficient (Wildman–Crippen LogP) is 2.14. The monoisotopic (exact) mass is 318 g/mol. The Labute approximate surface area is 131 Å². The molecule has 23 heavy (non-hydrogen) atoms. The number of rotatable bonds is 2. The molecule has 3 N–H and O–H groups in total. The van der Waals surface area contributed by atoms with Gasteiger partial charge in [0.1, 0.15) is 5.82 Å². The van der Waals surface area contributed by atoms with Crippen LogP contribution < -0.4 is 10.6 Å². The minimum absolute atomic E-state index is 0.190. The SMILES string of the molecule is CC1(C)NCc2c(NC(=O)c3ccc(F)cc3)nn(C(=O)O)c21. The number of carboxylic acid groups (broad SMARTS) is 1. The van der Waals surface area contributed by atoms with Crippen molar-refractivity contribution in [1.29, 1.82) is 0 Å². The molecule has 0 fully saturated rings. The molecule has 3 rings (SSSR count). The Morgan fingerprint density at radius 2 is 2.00 bits per heavy atom. The standard InChI is InChI=1S/C15H15FN4O3/c1-15(2)11-10(7-17-15)12(19-20(11)14(22)23)18-13(21)8-3-5-9(16)6-4-8/h3-6,17H,7H2,1-2H3,(H,22,23)(H,18,19,21). The van der Waals surface area contributed by atoms with E-state index < -0.39 is 23.4 Å². The fourth-order valence-electron chi connectivity index (χ4n) is 2.67. The van der Waals surface area contributed by atoms with Crippen LogP contribution in [0.3, 0.4) is 0 Å². The highest BCUT2D eigenvalue weighted by molar-refractivity contribution is 6.04. The molecule has 0 unspecified atom stereocenters. The van der Waals surface area contributed by atoms with E-state index in [0.717, 1.165) is 4.68 Å². The number of hydrogen-bond acceptors (Lipinski definition) is 4. The van der Waals surface area contributed by atoms with Gasteiger partial charge in [0.25, 0.3) is 5.91 Å². The molecule has 0 saturated heterocycles. The normalized spacial score (nSPS) is 15.3. The number of carbonyl (C=O) groups excluding carboxylic acids is 1. The molecule has 1 aliphatic heterocycles. The van der Waals surface area contributed by atoms with Gasteiger partial charge in [-0.05, 0) is 38.1 Å². The Morgan fingerprint density at radius 1 is 1.35 bits per heavy atom. The highest BCUT2D eigenvalue weighted by atomic mass is 19.1. The van der Waals surface area contributed by atoms with Crippen molar-refractivity contribution in [2.24, 2.45) is 0 Å². The van der Waals surface area contributed by atoms with Gasteiger partial charge in [-0.3, -0.25) is 4.79 Å². The molecule has 1 aromatic carbocycles. The molecule has 1 aromatic heterocycles. The van der Waals surface area contributed by atoms with Crippen molar-refractivity contribution in [2.75, 3.05) is 5.32 Å². The van der Waals surface area contributed by atoms with Gasteiger partial charge in [-0.2, -0.15) is 4.68 Å². The number of fused-ring (bicyclic) bond motifs is 1. The number of aromatic nitrogens is 2. The first kappa shape index (κ1) is 15.2. The second kappa shape index (κ2) is 5.17. The Bertz CT molecular complexity index is 796. The summed E-state index contributed by atoms with van der Waals surface area (Å²) in [6.45, 7) is 4.08. The summed E-state index contributed by atoms with van der Waals surface area (Å²) >= 11 is 0. The largest absolute Gasteiger partial charge is 0.463 e. The predicted molar refractivity (Wildman–Crippen MR) is 79.9 cm³/mol. The Balaban J connectivity index is 1.96. The van der Waals surface area contributed by atoms with E-state index in [9.17, 15) is 19.1 Å². The number of amides is 1. The zero-order chi connectivity index (χ0) is 16.8. The van der Waals surface area contributed by atoms with Crippen LogP contribution in [0.2, 0.25) is 0 Å². The average Bonchev–Trinajstić information content (AvgIpc) is 2.99. The van der Waals surface area contributed by atoms with Crippen LogP contribution in [-0.4, -0.2) is 26.9 Å². The first-order valence-corrected chi connectivity index (χ1v) is 6.97. The number of hydrogen-bond donors (Lipinski definition) is 3. The highest BCUT2D eigenvalue weighted by Crippen LogP contribution is 2.35. The van der Waals surface area contributed by atoms with Crippen molar-refractivity contribution in [3.05, 3.63) is 46.9 Å². The number of anilines is 1. The van der Waals surface area contributed by atoms with Crippen LogP contribution in [-0.2, 0) is 12.1 Å². The van der Waals surface area contributed by atoms with Crippen molar-refractivity contribution in [1.82, 2.24) is 15.1 Å². The van der Waals surface area contributed by atoms with Crippen molar-refractivity contribution >= 4 is 17.8 Å². The number of nitrogens with zero attached hydrogens (tertiary/aromatic N) is 2. The van der Waals surface area contributed by atoms with E-state index in [0.29, 0.717) is 17.8 Å². The maximum Gasteiger partial charge on any atom is 0.432 e. The maximum atomic E-state index is 12.9. The van der Waals surface area contributed by atoms with Gasteiger partial charge in [0.05, 0.1) is 11.2 Å². The zero-order valence-electron chi connectivity index (χ0n) is 12.6. The third-order valence-corrected chi connectivity index (χ3v) is 3.80. The molecule has 1 aliphatic rings. The summed E-state index contributed by atoms with van der Waals surface area (Å²) in [5.74, 6) is -0.731. The van der Waals surface area contributed by atoms with Gasteiger partial charge in [-0.15, -0.1) is 5.10 Å². The van der Waals surface area contributed by atoms with Gasteiger partial charge in [0, 0.05) is 17.7 Å². The van der Waals surface area contributed by atoms with Crippen LogP contribution in [0.5, 0.6) is 0 Å². The minimum atomic E-state index is -1.22. The van der Waals surface area contributed by atoms with Gasteiger partial charge >= 0.3 is 6.09 Å². The van der Waals surface area contributed by atoms with E-state index in [1.807, 2.05) is 13.8 Å². The van der Waals surface area contributed by atoms with Gasteiger partial charge in [-0.1, -0.05) is 0 Å². The molecule has 120 valence electrons. The zero-order valence-corrected chi connectivity index (χ0v) is 12.6. The molecule has 2 heterocycles. The topological polar surface area (TPSA) is 96.2 Å². The van der Waals surface area contributed by atoms with E-state index in [1.165, 1.54) is 24.3 Å². The van der Waals surface area contributed by atoms with Crippen molar-refractivity contribution in [2.45, 2.75) is 25.9 Å². The first-order valence-electron chi connectivity index (χ1n) is 6.97. The summed E-state index contributed by atoms with van der Waals surface area (Å²) < 4.78 is 13.8. The third-order valence-electron chi connectivity index (χ3n) is 3.80. The number of nitrogens with one attached hydrogen (secondary N) is 2. The fraction of sp³-hybridized carbons (Fsp3) is 0.267. The second-order valence-corrected chi connectivity index (χ2v) is 5.81. The molecule has 0 atom stereocenters. The van der Waals surface area contributed by atoms with Crippen LogP contribution in [0.1, 0.15) is 35.5 Å². The van der Waals surface area contributed by atoms with Gasteiger partial charge in [-0.25, -0.2) is 9.18 Å². The molecule has 0 spiro atoms. The molecule has 7 nitrogen and oxygen atoms in total. The lowest BCUT2D eigenvalue weighted by molar-refractivity contribution is 0.102. The Hall–Kier alpha value is -2.74. The lowest BCUT2D eigenvalue weighted by Gasteiger charge is -2.19. The quantitative estimate of drug-likeness (QED) is 0.788. The van der Waals surface area contributed by atoms with Crippen molar-refractivity contribution in [3.8, 4) is 0 Å². The summed E-state index contributed by atoms with van der Waals surface area (Å²) in [5.41, 5.74) is 0.821. The van der Waals surface area contributed by atoms with Crippen molar-refractivity contribution < 1.29 is 19.1 Å². The summed E-state index contributed by atoms with van der Waals surface area (Å²) in [7, 11) is 0. The molecule has 1 amide bonds. The van der Waals surface area contributed by atoms with E-state index in [4.69, 9.17) is 0 Å². The smallest absolute Gasteiger partial charge is 0.432 e. The minimum Gasteiger partial charge on any atom is -0.463 e. The molecule has 2 aromatic rings. The van der Waals surface area contributed by atoms with Crippen LogP contribution in [0.15, 0.2) is 24.3 Å². The summed E-state index contributed by atoms with van der Waals surface area (Å²) in [6.07, 6.45) is -1.22. The number of benzene rings is 1. The molecule has 0 saturated carbocycles. The second-order valence-electron chi connectivity index (χ2n) is 5.81. The van der Waals surface area contributed by atoms with Crippen LogP contribution in [0, 0.1) is 5.82 Å². The van der Waals surface area contributed by atoms with E-state index in [2.05, 4.69) is 15.7 Å².